The summed E-state index contributed by atoms with van der Waals surface area (Å²) in [7, 11) is 0. The maximum Gasteiger partial charge on any atom is 0.343 e. The molecular formula is C15H10Cl2O3. The molecule has 0 aliphatic heterocycles. The lowest BCUT2D eigenvalue weighted by Crippen LogP contribution is -2.08. The number of carbonyl (C=O) groups is 2. The molecule has 2 rings (SSSR count). The molecule has 5 heteroatoms. The van der Waals surface area contributed by atoms with E-state index >= 15 is 0 Å². The van der Waals surface area contributed by atoms with E-state index in [2.05, 4.69) is 0 Å². The van der Waals surface area contributed by atoms with E-state index in [-0.39, 0.29) is 11.3 Å². The quantitative estimate of drug-likeness (QED) is 0.479. The van der Waals surface area contributed by atoms with Crippen molar-refractivity contribution in [3.8, 4) is 5.75 Å². The first-order valence-corrected chi connectivity index (χ1v) is 6.50. The van der Waals surface area contributed by atoms with Crippen LogP contribution < -0.4 is 4.74 Å². The third-order valence-electron chi connectivity index (χ3n) is 2.57. The fourth-order valence-corrected chi connectivity index (χ4v) is 2.12. The van der Waals surface area contributed by atoms with Crippen LogP contribution in [0.1, 0.15) is 27.6 Å². The average molecular weight is 309 g/mol. The van der Waals surface area contributed by atoms with Crippen molar-refractivity contribution in [2.75, 3.05) is 0 Å². The fraction of sp³-hybridized carbons (Fsp3) is 0.0667. The van der Waals surface area contributed by atoms with Gasteiger partial charge >= 0.3 is 5.97 Å². The van der Waals surface area contributed by atoms with E-state index in [4.69, 9.17) is 27.9 Å². The van der Waals surface area contributed by atoms with E-state index in [1.165, 1.54) is 25.1 Å². The molecule has 0 N–H and O–H groups in total. The highest BCUT2D eigenvalue weighted by Gasteiger charge is 2.11. The minimum absolute atomic E-state index is 0.0514. The molecule has 0 atom stereocenters. The molecule has 0 unspecified atom stereocenters. The summed E-state index contributed by atoms with van der Waals surface area (Å²) in [5.74, 6) is -0.273. The first-order valence-electron chi connectivity index (χ1n) is 5.75. The zero-order valence-electron chi connectivity index (χ0n) is 10.5. The molecule has 20 heavy (non-hydrogen) atoms. The van der Waals surface area contributed by atoms with Crippen LogP contribution in [0.2, 0.25) is 10.0 Å². The van der Waals surface area contributed by atoms with Crippen LogP contribution in [0.3, 0.4) is 0 Å². The molecule has 0 aliphatic rings. The number of halogens is 2. The monoisotopic (exact) mass is 308 g/mol. The Morgan fingerprint density at radius 2 is 1.45 bits per heavy atom. The summed E-state index contributed by atoms with van der Waals surface area (Å²) in [6.45, 7) is 1.47. The smallest absolute Gasteiger partial charge is 0.343 e. The number of carbonyl (C=O) groups excluding carboxylic acids is 2. The van der Waals surface area contributed by atoms with E-state index in [1.54, 1.807) is 24.3 Å². The number of hydrogen-bond donors (Lipinski definition) is 0. The van der Waals surface area contributed by atoms with Crippen LogP contribution >= 0.6 is 23.2 Å². The summed E-state index contributed by atoms with van der Waals surface area (Å²) in [5.41, 5.74) is 0.814. The molecule has 0 aromatic heterocycles. The van der Waals surface area contributed by atoms with Crippen LogP contribution in [-0.2, 0) is 0 Å². The summed E-state index contributed by atoms with van der Waals surface area (Å²) in [5, 5.41) is 0.716. The maximum atomic E-state index is 11.9. The second kappa shape index (κ2) is 6.07. The van der Waals surface area contributed by atoms with E-state index in [0.29, 0.717) is 21.4 Å². The van der Waals surface area contributed by atoms with Crippen LogP contribution in [0.15, 0.2) is 42.5 Å². The van der Waals surface area contributed by atoms with Crippen molar-refractivity contribution in [2.24, 2.45) is 0 Å². The highest BCUT2D eigenvalue weighted by atomic mass is 35.5. The Balaban J connectivity index is 2.16. The predicted octanol–water partition coefficient (Wildman–Crippen LogP) is 4.42. The maximum absolute atomic E-state index is 11.9. The number of ether oxygens (including phenoxy) is 1. The zero-order chi connectivity index (χ0) is 14.7. The summed E-state index contributed by atoms with van der Waals surface area (Å²) in [6, 6.07) is 10.8. The van der Waals surface area contributed by atoms with Gasteiger partial charge in [0.2, 0.25) is 0 Å². The van der Waals surface area contributed by atoms with Crippen LogP contribution in [0.25, 0.3) is 0 Å². The number of Topliss-reactive ketones (excluding diaryl/α,β-unsaturated/α-hetero) is 1. The molecule has 0 aliphatic carbocycles. The van der Waals surface area contributed by atoms with E-state index in [9.17, 15) is 9.59 Å². The Bertz CT molecular complexity index is 643. The number of hydrogen-bond acceptors (Lipinski definition) is 3. The Morgan fingerprint density at radius 3 is 1.95 bits per heavy atom. The summed E-state index contributed by atoms with van der Waals surface area (Å²) < 4.78 is 5.18. The van der Waals surface area contributed by atoms with Gasteiger partial charge in [0.1, 0.15) is 5.75 Å². The van der Waals surface area contributed by atoms with Crippen molar-refractivity contribution >= 4 is 35.0 Å². The van der Waals surface area contributed by atoms with Gasteiger partial charge in [0, 0.05) is 15.6 Å². The van der Waals surface area contributed by atoms with Crippen molar-refractivity contribution in [3.63, 3.8) is 0 Å². The van der Waals surface area contributed by atoms with Crippen LogP contribution in [0, 0.1) is 0 Å². The second-order valence-corrected chi connectivity index (χ2v) is 5.00. The summed E-state index contributed by atoms with van der Waals surface area (Å²) in [6.07, 6.45) is 0. The second-order valence-electron chi connectivity index (χ2n) is 4.13. The molecule has 0 heterocycles. The van der Waals surface area contributed by atoms with Gasteiger partial charge in [0.15, 0.2) is 5.78 Å². The number of ketones is 1. The molecule has 0 spiro atoms. The molecule has 0 saturated heterocycles. The molecule has 102 valence electrons. The zero-order valence-corrected chi connectivity index (χ0v) is 12.0. The van der Waals surface area contributed by atoms with Gasteiger partial charge in [-0.05, 0) is 49.4 Å². The predicted molar refractivity (Wildman–Crippen MR) is 77.9 cm³/mol. The molecule has 2 aromatic rings. The molecule has 0 amide bonds. The standard InChI is InChI=1S/C15H10Cl2O3/c1-9(18)10-2-4-14(5-3-10)20-15(19)11-6-12(16)8-13(17)7-11/h2-8H,1H3. The molecule has 2 aromatic carbocycles. The van der Waals surface area contributed by atoms with E-state index < -0.39 is 5.97 Å². The minimum atomic E-state index is -0.565. The van der Waals surface area contributed by atoms with Gasteiger partial charge in [-0.15, -0.1) is 0 Å². The largest absolute Gasteiger partial charge is 0.423 e. The lowest BCUT2D eigenvalue weighted by molar-refractivity contribution is 0.0734. The molecule has 3 nitrogen and oxygen atoms in total. The van der Waals surface area contributed by atoms with Gasteiger partial charge in [-0.1, -0.05) is 23.2 Å². The summed E-state index contributed by atoms with van der Waals surface area (Å²) >= 11 is 11.6. The Hall–Kier alpha value is -1.84. The third kappa shape index (κ3) is 3.59. The lowest BCUT2D eigenvalue weighted by atomic mass is 10.1. The van der Waals surface area contributed by atoms with Crippen LogP contribution in [-0.4, -0.2) is 11.8 Å². The third-order valence-corrected chi connectivity index (χ3v) is 3.01. The van der Waals surface area contributed by atoms with Crippen molar-refractivity contribution in [3.05, 3.63) is 63.6 Å². The van der Waals surface area contributed by atoms with Crippen molar-refractivity contribution in [1.29, 1.82) is 0 Å². The summed E-state index contributed by atoms with van der Waals surface area (Å²) in [4.78, 5) is 23.1. The molecule has 0 bridgehead atoms. The van der Waals surface area contributed by atoms with E-state index in [1.807, 2.05) is 0 Å². The molecule has 0 fully saturated rings. The highest BCUT2D eigenvalue weighted by Crippen LogP contribution is 2.21. The Labute approximate surface area is 126 Å². The average Bonchev–Trinajstić information content (AvgIpc) is 2.38. The first-order chi connectivity index (χ1) is 9.45. The molecular weight excluding hydrogens is 299 g/mol. The highest BCUT2D eigenvalue weighted by molar-refractivity contribution is 6.35. The van der Waals surface area contributed by atoms with Crippen molar-refractivity contribution in [2.45, 2.75) is 6.92 Å². The Morgan fingerprint density at radius 1 is 0.900 bits per heavy atom. The van der Waals surface area contributed by atoms with Crippen LogP contribution in [0.4, 0.5) is 0 Å². The first kappa shape index (κ1) is 14.6. The van der Waals surface area contributed by atoms with E-state index in [0.717, 1.165) is 0 Å². The Kier molecular flexibility index (Phi) is 4.42. The molecule has 0 radical (unpaired) electrons. The number of esters is 1. The van der Waals surface area contributed by atoms with Gasteiger partial charge in [0.05, 0.1) is 5.56 Å². The SMILES string of the molecule is CC(=O)c1ccc(OC(=O)c2cc(Cl)cc(Cl)c2)cc1. The van der Waals surface area contributed by atoms with Gasteiger partial charge in [-0.25, -0.2) is 4.79 Å². The van der Waals surface area contributed by atoms with Crippen molar-refractivity contribution < 1.29 is 14.3 Å². The minimum Gasteiger partial charge on any atom is -0.423 e. The number of benzene rings is 2. The molecule has 0 saturated carbocycles. The van der Waals surface area contributed by atoms with Gasteiger partial charge in [-0.3, -0.25) is 4.79 Å². The number of rotatable bonds is 3. The topological polar surface area (TPSA) is 43.4 Å². The van der Waals surface area contributed by atoms with Gasteiger partial charge in [-0.2, -0.15) is 0 Å². The van der Waals surface area contributed by atoms with Crippen molar-refractivity contribution in [1.82, 2.24) is 0 Å². The van der Waals surface area contributed by atoms with Gasteiger partial charge < -0.3 is 4.74 Å². The lowest BCUT2D eigenvalue weighted by Gasteiger charge is -2.05. The van der Waals surface area contributed by atoms with Gasteiger partial charge in [0.25, 0.3) is 0 Å². The van der Waals surface area contributed by atoms with Crippen LogP contribution in [0.5, 0.6) is 5.75 Å². The fourth-order valence-electron chi connectivity index (χ4n) is 1.60. The normalized spacial score (nSPS) is 10.2.